The van der Waals surface area contributed by atoms with Crippen molar-refractivity contribution in [3.63, 3.8) is 0 Å². The van der Waals surface area contributed by atoms with Crippen molar-refractivity contribution in [2.75, 3.05) is 6.61 Å². The van der Waals surface area contributed by atoms with Crippen molar-refractivity contribution in [2.24, 2.45) is 4.99 Å². The van der Waals surface area contributed by atoms with E-state index in [9.17, 15) is 9.59 Å². The first-order valence-corrected chi connectivity index (χ1v) is 15.0. The van der Waals surface area contributed by atoms with E-state index in [1.54, 1.807) is 18.4 Å². The normalized spacial score (nSPS) is 15.0. The molecule has 0 spiro atoms. The SMILES string of the molecule is CCOC(=O)C1=C(C)N=c2s/c(=C/c3ccc(OCc4ccccc4Cl)c(I)c3)c(=O)n2[C@H]1c1ccc(C)cc1. The van der Waals surface area contributed by atoms with Gasteiger partial charge < -0.3 is 9.47 Å². The summed E-state index contributed by atoms with van der Waals surface area (Å²) in [6.45, 7) is 6.13. The summed E-state index contributed by atoms with van der Waals surface area (Å²) in [5, 5.41) is 0.662. The van der Waals surface area contributed by atoms with Crippen molar-refractivity contribution >= 4 is 57.6 Å². The first-order chi connectivity index (χ1) is 19.3. The molecule has 0 aliphatic carbocycles. The lowest BCUT2D eigenvalue weighted by molar-refractivity contribution is -0.139. The van der Waals surface area contributed by atoms with E-state index in [0.717, 1.165) is 31.6 Å². The summed E-state index contributed by atoms with van der Waals surface area (Å²) in [6.07, 6.45) is 1.85. The Morgan fingerprint density at radius 2 is 1.88 bits per heavy atom. The van der Waals surface area contributed by atoms with Gasteiger partial charge >= 0.3 is 5.97 Å². The van der Waals surface area contributed by atoms with Crippen LogP contribution in [0.2, 0.25) is 5.02 Å². The molecule has 4 aromatic rings. The number of fused-ring (bicyclic) bond motifs is 1. The Morgan fingerprint density at radius 1 is 1.12 bits per heavy atom. The summed E-state index contributed by atoms with van der Waals surface area (Å²) in [6, 6.07) is 20.6. The first kappa shape index (κ1) is 28.3. The Morgan fingerprint density at radius 3 is 2.58 bits per heavy atom. The summed E-state index contributed by atoms with van der Waals surface area (Å²) in [7, 11) is 0. The van der Waals surface area contributed by atoms with Crippen molar-refractivity contribution < 1.29 is 14.3 Å². The van der Waals surface area contributed by atoms with Gasteiger partial charge in [-0.05, 0) is 78.8 Å². The van der Waals surface area contributed by atoms with Gasteiger partial charge in [-0.2, -0.15) is 0 Å². The zero-order chi connectivity index (χ0) is 28.4. The molecular formula is C31H26ClIN2O4S. The molecule has 2 heterocycles. The highest BCUT2D eigenvalue weighted by Gasteiger charge is 2.33. The number of benzene rings is 3. The highest BCUT2D eigenvalue weighted by Crippen LogP contribution is 2.31. The first-order valence-electron chi connectivity index (χ1n) is 12.7. The van der Waals surface area contributed by atoms with Crippen molar-refractivity contribution in [1.82, 2.24) is 4.57 Å². The van der Waals surface area contributed by atoms with Gasteiger partial charge in [0.2, 0.25) is 0 Å². The Labute approximate surface area is 254 Å². The second kappa shape index (κ2) is 12.1. The molecule has 0 radical (unpaired) electrons. The van der Waals surface area contributed by atoms with E-state index < -0.39 is 12.0 Å². The average molecular weight is 685 g/mol. The van der Waals surface area contributed by atoms with E-state index in [2.05, 4.69) is 27.6 Å². The van der Waals surface area contributed by atoms with Gasteiger partial charge in [-0.1, -0.05) is 77.0 Å². The molecule has 0 unspecified atom stereocenters. The minimum Gasteiger partial charge on any atom is -0.488 e. The number of rotatable bonds is 7. The minimum atomic E-state index is -0.626. The lowest BCUT2D eigenvalue weighted by Crippen LogP contribution is -2.39. The predicted molar refractivity (Wildman–Crippen MR) is 167 cm³/mol. The fourth-order valence-corrected chi connectivity index (χ4v) is 6.43. The third-order valence-corrected chi connectivity index (χ3v) is 8.70. The molecule has 1 aliphatic rings. The van der Waals surface area contributed by atoms with Crippen molar-refractivity contribution in [3.05, 3.63) is 129 Å². The van der Waals surface area contributed by atoms with E-state index in [1.165, 1.54) is 11.3 Å². The van der Waals surface area contributed by atoms with Gasteiger partial charge in [-0.25, -0.2) is 9.79 Å². The van der Waals surface area contributed by atoms with Crippen LogP contribution in [0.4, 0.5) is 0 Å². The molecule has 5 rings (SSSR count). The zero-order valence-electron chi connectivity index (χ0n) is 22.1. The quantitative estimate of drug-likeness (QED) is 0.179. The summed E-state index contributed by atoms with van der Waals surface area (Å²) in [5.41, 5.74) is 4.38. The molecule has 9 heteroatoms. The summed E-state index contributed by atoms with van der Waals surface area (Å²) >= 11 is 9.78. The smallest absolute Gasteiger partial charge is 0.338 e. The number of halogens is 2. The summed E-state index contributed by atoms with van der Waals surface area (Å²) < 4.78 is 14.4. The Balaban J connectivity index is 1.53. The fourth-order valence-electron chi connectivity index (χ4n) is 4.50. The number of aryl methyl sites for hydroxylation is 1. The Kier molecular flexibility index (Phi) is 8.58. The number of allylic oxidation sites excluding steroid dienone is 1. The maximum absolute atomic E-state index is 13.8. The van der Waals surface area contributed by atoms with E-state index in [1.807, 2.05) is 79.7 Å². The average Bonchev–Trinajstić information content (AvgIpc) is 3.23. The highest BCUT2D eigenvalue weighted by atomic mass is 127. The van der Waals surface area contributed by atoms with Crippen LogP contribution in [0, 0.1) is 10.5 Å². The summed E-state index contributed by atoms with van der Waals surface area (Å²) in [4.78, 5) is 32.0. The van der Waals surface area contributed by atoms with E-state index in [-0.39, 0.29) is 12.2 Å². The largest absolute Gasteiger partial charge is 0.488 e. The molecule has 0 saturated carbocycles. The number of hydrogen-bond acceptors (Lipinski definition) is 6. The number of thiazole rings is 1. The molecule has 6 nitrogen and oxygen atoms in total. The number of hydrogen-bond donors (Lipinski definition) is 0. The zero-order valence-corrected chi connectivity index (χ0v) is 25.8. The number of aromatic nitrogens is 1. The van der Waals surface area contributed by atoms with E-state index >= 15 is 0 Å². The predicted octanol–water partition coefficient (Wildman–Crippen LogP) is 5.94. The van der Waals surface area contributed by atoms with Crippen LogP contribution >= 0.6 is 45.5 Å². The van der Waals surface area contributed by atoms with Crippen molar-refractivity contribution in [1.29, 1.82) is 0 Å². The molecule has 0 fully saturated rings. The van der Waals surface area contributed by atoms with Gasteiger partial charge in [0.15, 0.2) is 4.80 Å². The highest BCUT2D eigenvalue weighted by molar-refractivity contribution is 14.1. The van der Waals surface area contributed by atoms with Crippen LogP contribution in [0.3, 0.4) is 0 Å². The van der Waals surface area contributed by atoms with Crippen LogP contribution < -0.4 is 19.6 Å². The third kappa shape index (κ3) is 5.80. The van der Waals surface area contributed by atoms with Gasteiger partial charge in [-0.3, -0.25) is 9.36 Å². The lowest BCUT2D eigenvalue weighted by Gasteiger charge is -2.24. The lowest BCUT2D eigenvalue weighted by atomic mass is 9.95. The standard InChI is InChI=1S/C31H26ClIN2O4S/c1-4-38-30(37)27-19(3)34-31-35(28(27)21-12-9-18(2)10-13-21)29(36)26(40-31)16-20-11-14-25(24(33)15-20)39-17-22-7-5-6-8-23(22)32/h5-16,28H,4,17H2,1-3H3/b26-16+/t28-/m0/s1. The molecule has 3 aromatic carbocycles. The number of nitrogens with zero attached hydrogens (tertiary/aromatic N) is 2. The summed E-state index contributed by atoms with van der Waals surface area (Å²) in [5.74, 6) is 0.263. The maximum Gasteiger partial charge on any atom is 0.338 e. The molecule has 0 bridgehead atoms. The van der Waals surface area contributed by atoms with E-state index in [4.69, 9.17) is 21.1 Å². The molecule has 0 N–H and O–H groups in total. The molecule has 0 saturated heterocycles. The molecule has 1 aliphatic heterocycles. The number of esters is 1. The monoisotopic (exact) mass is 684 g/mol. The third-order valence-electron chi connectivity index (χ3n) is 6.50. The van der Waals surface area contributed by atoms with Gasteiger partial charge in [0, 0.05) is 10.6 Å². The van der Waals surface area contributed by atoms with Crippen LogP contribution in [0.25, 0.3) is 6.08 Å². The van der Waals surface area contributed by atoms with Gasteiger partial charge in [-0.15, -0.1) is 0 Å². The number of ether oxygens (including phenoxy) is 2. The minimum absolute atomic E-state index is 0.210. The van der Waals surface area contributed by atoms with Crippen LogP contribution in [0.5, 0.6) is 5.75 Å². The van der Waals surface area contributed by atoms with Gasteiger partial charge in [0.1, 0.15) is 12.4 Å². The fraction of sp³-hybridized carbons (Fsp3) is 0.194. The molecule has 1 aromatic heterocycles. The molecule has 0 amide bonds. The van der Waals surface area contributed by atoms with Crippen LogP contribution in [-0.2, 0) is 16.1 Å². The topological polar surface area (TPSA) is 69.9 Å². The molecule has 1 atom stereocenters. The van der Waals surface area contributed by atoms with Gasteiger partial charge in [0.05, 0.1) is 32.0 Å². The Bertz CT molecular complexity index is 1810. The van der Waals surface area contributed by atoms with Crippen LogP contribution in [-0.4, -0.2) is 17.1 Å². The second-order valence-corrected chi connectivity index (χ2v) is 11.9. The second-order valence-electron chi connectivity index (χ2n) is 9.28. The molecule has 204 valence electrons. The van der Waals surface area contributed by atoms with Crippen LogP contribution in [0.1, 0.15) is 42.1 Å². The molecular weight excluding hydrogens is 659 g/mol. The number of carbonyl (C=O) groups is 1. The van der Waals surface area contributed by atoms with Crippen molar-refractivity contribution in [2.45, 2.75) is 33.4 Å². The van der Waals surface area contributed by atoms with E-state index in [0.29, 0.717) is 32.2 Å². The van der Waals surface area contributed by atoms with Crippen molar-refractivity contribution in [3.8, 4) is 5.75 Å². The van der Waals surface area contributed by atoms with Crippen LogP contribution in [0.15, 0.2) is 87.8 Å². The van der Waals surface area contributed by atoms with Gasteiger partial charge in [0.25, 0.3) is 5.56 Å². The molecule has 40 heavy (non-hydrogen) atoms. The Hall–Kier alpha value is -3.21. The number of carbonyl (C=O) groups excluding carboxylic acids is 1. The maximum atomic E-state index is 13.8.